The lowest BCUT2D eigenvalue weighted by molar-refractivity contribution is 0.364. The number of allylic oxidation sites excluding steroid dienone is 2. The molecule has 3 aromatic carbocycles. The SMILES string of the molecule is C/C=C/C1CCC(c2ccc(-c3ccc(CCc4ccc(C5CO5)c(F)c4F)cc3)c(F)c2F)CC1. The van der Waals surface area contributed by atoms with Gasteiger partial charge < -0.3 is 4.74 Å². The zero-order valence-electron chi connectivity index (χ0n) is 20.4. The van der Waals surface area contributed by atoms with E-state index in [1.165, 1.54) is 0 Å². The molecule has 1 aliphatic carbocycles. The first-order valence-corrected chi connectivity index (χ1v) is 12.7. The van der Waals surface area contributed by atoms with Gasteiger partial charge >= 0.3 is 0 Å². The minimum atomic E-state index is -0.836. The maximum atomic E-state index is 15.1. The summed E-state index contributed by atoms with van der Waals surface area (Å²) in [5.74, 6) is -2.64. The molecule has 188 valence electrons. The minimum absolute atomic E-state index is 0.0496. The highest BCUT2D eigenvalue weighted by atomic mass is 19.2. The third kappa shape index (κ3) is 5.12. The Morgan fingerprint density at radius 1 is 0.750 bits per heavy atom. The van der Waals surface area contributed by atoms with E-state index in [0.29, 0.717) is 42.1 Å². The molecule has 5 rings (SSSR count). The summed E-state index contributed by atoms with van der Waals surface area (Å²) in [4.78, 5) is 0. The molecule has 1 unspecified atom stereocenters. The second-order valence-corrected chi connectivity index (χ2v) is 9.93. The second-order valence-electron chi connectivity index (χ2n) is 9.93. The van der Waals surface area contributed by atoms with Crippen molar-refractivity contribution in [1.82, 2.24) is 0 Å². The smallest absolute Gasteiger partial charge is 0.166 e. The average Bonchev–Trinajstić information content (AvgIpc) is 3.73. The number of halogens is 4. The molecule has 0 amide bonds. The summed E-state index contributed by atoms with van der Waals surface area (Å²) < 4.78 is 63.9. The van der Waals surface area contributed by atoms with Gasteiger partial charge in [-0.3, -0.25) is 0 Å². The van der Waals surface area contributed by atoms with Crippen molar-refractivity contribution < 1.29 is 22.3 Å². The van der Waals surface area contributed by atoms with Gasteiger partial charge in [-0.15, -0.1) is 0 Å². The van der Waals surface area contributed by atoms with E-state index in [9.17, 15) is 8.78 Å². The lowest BCUT2D eigenvalue weighted by Gasteiger charge is -2.27. The molecule has 3 aromatic rings. The number of aryl methyl sites for hydroxylation is 2. The van der Waals surface area contributed by atoms with Crippen LogP contribution in [0.15, 0.2) is 60.7 Å². The molecule has 0 aromatic heterocycles. The van der Waals surface area contributed by atoms with Crippen LogP contribution in [0.1, 0.15) is 66.9 Å². The van der Waals surface area contributed by atoms with E-state index in [4.69, 9.17) is 4.74 Å². The molecule has 0 bridgehead atoms. The largest absolute Gasteiger partial charge is 0.368 e. The van der Waals surface area contributed by atoms with Crippen LogP contribution >= 0.6 is 0 Å². The summed E-state index contributed by atoms with van der Waals surface area (Å²) in [6, 6.07) is 13.7. The Morgan fingerprint density at radius 2 is 1.42 bits per heavy atom. The Morgan fingerprint density at radius 3 is 2.08 bits per heavy atom. The highest BCUT2D eigenvalue weighted by molar-refractivity contribution is 5.65. The van der Waals surface area contributed by atoms with Crippen LogP contribution in [0, 0.1) is 29.2 Å². The molecule has 0 N–H and O–H groups in total. The van der Waals surface area contributed by atoms with Crippen LogP contribution in [-0.2, 0) is 17.6 Å². The molecule has 5 heteroatoms. The van der Waals surface area contributed by atoms with Crippen molar-refractivity contribution in [2.24, 2.45) is 5.92 Å². The zero-order chi connectivity index (χ0) is 25.2. The third-order valence-electron chi connectivity index (χ3n) is 7.61. The molecule has 2 aliphatic rings. The fraction of sp³-hybridized carbons (Fsp3) is 0.355. The summed E-state index contributed by atoms with van der Waals surface area (Å²) in [6.45, 7) is 2.43. The predicted octanol–water partition coefficient (Wildman–Crippen LogP) is 8.62. The number of epoxide rings is 1. The lowest BCUT2D eigenvalue weighted by atomic mass is 9.78. The number of benzene rings is 3. The molecule has 1 aliphatic heterocycles. The highest BCUT2D eigenvalue weighted by Crippen LogP contribution is 2.39. The van der Waals surface area contributed by atoms with E-state index in [-0.39, 0.29) is 23.1 Å². The monoisotopic (exact) mass is 494 g/mol. The first kappa shape index (κ1) is 24.8. The number of hydrogen-bond acceptors (Lipinski definition) is 1. The van der Waals surface area contributed by atoms with Gasteiger partial charge in [0.15, 0.2) is 23.3 Å². The van der Waals surface area contributed by atoms with E-state index in [1.54, 1.807) is 36.4 Å². The van der Waals surface area contributed by atoms with E-state index < -0.39 is 23.3 Å². The molecular weight excluding hydrogens is 464 g/mol. The zero-order valence-corrected chi connectivity index (χ0v) is 20.4. The number of rotatable bonds is 7. The molecule has 0 radical (unpaired) electrons. The van der Waals surface area contributed by atoms with E-state index in [0.717, 1.165) is 31.2 Å². The fourth-order valence-corrected chi connectivity index (χ4v) is 5.40. The first-order valence-electron chi connectivity index (χ1n) is 12.7. The molecule has 2 fully saturated rings. The summed E-state index contributed by atoms with van der Waals surface area (Å²) in [7, 11) is 0. The van der Waals surface area contributed by atoms with Crippen molar-refractivity contribution in [2.45, 2.75) is 57.5 Å². The Balaban J connectivity index is 1.26. The molecular formula is C31H30F4O. The van der Waals surface area contributed by atoms with Crippen LogP contribution in [0.3, 0.4) is 0 Å². The molecule has 0 spiro atoms. The topological polar surface area (TPSA) is 12.5 Å². The Kier molecular flexibility index (Phi) is 7.29. The summed E-state index contributed by atoms with van der Waals surface area (Å²) >= 11 is 0. The molecule has 36 heavy (non-hydrogen) atoms. The molecule has 1 saturated carbocycles. The van der Waals surface area contributed by atoms with Gasteiger partial charge in [0.1, 0.15) is 6.10 Å². The van der Waals surface area contributed by atoms with Gasteiger partial charge in [-0.05, 0) is 79.5 Å². The maximum Gasteiger partial charge on any atom is 0.166 e. The minimum Gasteiger partial charge on any atom is -0.368 e. The van der Waals surface area contributed by atoms with Crippen molar-refractivity contribution in [1.29, 1.82) is 0 Å². The van der Waals surface area contributed by atoms with Gasteiger partial charge in [-0.2, -0.15) is 0 Å². The van der Waals surface area contributed by atoms with Gasteiger partial charge in [0.25, 0.3) is 0 Å². The standard InChI is InChI=1S/C31H30F4O/c1-2-3-19-4-9-21(10-5-19)24-16-17-25(30(34)29(24)33)22-11-6-20(7-12-22)8-13-23-14-15-26(27-18-36-27)31(35)28(23)32/h2-3,6-7,11-12,14-17,19,21,27H,4-5,8-10,13,18H2,1H3/b3-2+. The van der Waals surface area contributed by atoms with Gasteiger partial charge in [0.2, 0.25) is 0 Å². The van der Waals surface area contributed by atoms with Crippen LogP contribution in [0.25, 0.3) is 11.1 Å². The van der Waals surface area contributed by atoms with Gasteiger partial charge in [-0.1, -0.05) is 60.7 Å². The molecule has 1 atom stereocenters. The van der Waals surface area contributed by atoms with Crippen molar-refractivity contribution in [3.8, 4) is 11.1 Å². The van der Waals surface area contributed by atoms with E-state index in [2.05, 4.69) is 12.2 Å². The average molecular weight is 495 g/mol. The highest BCUT2D eigenvalue weighted by Gasteiger charge is 2.30. The number of hydrogen-bond donors (Lipinski definition) is 0. The molecule has 1 saturated heterocycles. The molecule has 1 heterocycles. The Labute approximate surface area is 209 Å². The Bertz CT molecular complexity index is 1250. The van der Waals surface area contributed by atoms with Crippen LogP contribution in [0.2, 0.25) is 0 Å². The maximum absolute atomic E-state index is 15.1. The fourth-order valence-electron chi connectivity index (χ4n) is 5.40. The second kappa shape index (κ2) is 10.6. The van der Waals surface area contributed by atoms with E-state index >= 15 is 8.78 Å². The van der Waals surface area contributed by atoms with Crippen molar-refractivity contribution in [3.05, 3.63) is 106 Å². The third-order valence-corrected chi connectivity index (χ3v) is 7.61. The van der Waals surface area contributed by atoms with Crippen LogP contribution in [0.4, 0.5) is 17.6 Å². The lowest BCUT2D eigenvalue weighted by Crippen LogP contribution is -2.13. The van der Waals surface area contributed by atoms with Crippen LogP contribution in [0.5, 0.6) is 0 Å². The summed E-state index contributed by atoms with van der Waals surface area (Å²) in [5.41, 5.74) is 2.77. The predicted molar refractivity (Wildman–Crippen MR) is 134 cm³/mol. The number of ether oxygens (including phenoxy) is 1. The van der Waals surface area contributed by atoms with Gasteiger partial charge in [0.05, 0.1) is 6.61 Å². The van der Waals surface area contributed by atoms with Gasteiger partial charge in [-0.25, -0.2) is 17.6 Å². The summed E-state index contributed by atoms with van der Waals surface area (Å²) in [5, 5.41) is 0. The van der Waals surface area contributed by atoms with Crippen molar-refractivity contribution in [2.75, 3.05) is 6.61 Å². The molecule has 1 nitrogen and oxygen atoms in total. The quantitative estimate of drug-likeness (QED) is 0.182. The van der Waals surface area contributed by atoms with Gasteiger partial charge in [0, 0.05) is 11.1 Å². The van der Waals surface area contributed by atoms with Crippen molar-refractivity contribution >= 4 is 0 Å². The normalized spacial score (nSPS) is 21.8. The van der Waals surface area contributed by atoms with Crippen molar-refractivity contribution in [3.63, 3.8) is 0 Å². The van der Waals surface area contributed by atoms with E-state index in [1.807, 2.05) is 19.1 Å². The van der Waals surface area contributed by atoms with Crippen LogP contribution < -0.4 is 0 Å². The van der Waals surface area contributed by atoms with Crippen LogP contribution in [-0.4, -0.2) is 6.61 Å². The first-order chi connectivity index (χ1) is 17.5. The summed E-state index contributed by atoms with van der Waals surface area (Å²) in [6.07, 6.45) is 8.48. The Hall–Kier alpha value is -2.92.